The number of rotatable bonds is 3. The van der Waals surface area contributed by atoms with Crippen LogP contribution in [0.15, 0.2) is 40.8 Å². The van der Waals surface area contributed by atoms with E-state index in [-0.39, 0.29) is 17.5 Å². The number of hydrogen-bond acceptors (Lipinski definition) is 4. The standard InChI is InChI=1S/C15H10FNO4/c1-8-6-10(16)3-5-12(8)20-15-17-11-4-2-9(14(18)19)7-13(11)21-15/h2-7H,1H3,(H,18,19). The maximum Gasteiger partial charge on any atom is 0.400 e. The van der Waals surface area contributed by atoms with Crippen LogP contribution in [-0.4, -0.2) is 16.1 Å². The van der Waals surface area contributed by atoms with Crippen molar-refractivity contribution in [2.45, 2.75) is 6.92 Å². The Morgan fingerprint density at radius 3 is 2.81 bits per heavy atom. The second kappa shape index (κ2) is 4.90. The molecule has 0 radical (unpaired) electrons. The molecule has 0 atom stereocenters. The highest BCUT2D eigenvalue weighted by molar-refractivity contribution is 5.91. The molecule has 1 aromatic heterocycles. The molecule has 1 N–H and O–H groups in total. The molecule has 1 heterocycles. The van der Waals surface area contributed by atoms with Gasteiger partial charge < -0.3 is 14.3 Å². The zero-order valence-corrected chi connectivity index (χ0v) is 11.0. The third-order valence-corrected chi connectivity index (χ3v) is 2.95. The highest BCUT2D eigenvalue weighted by Gasteiger charge is 2.12. The predicted octanol–water partition coefficient (Wildman–Crippen LogP) is 3.77. The van der Waals surface area contributed by atoms with Crippen LogP contribution < -0.4 is 4.74 Å². The van der Waals surface area contributed by atoms with Gasteiger partial charge in [0.25, 0.3) is 0 Å². The predicted molar refractivity (Wildman–Crippen MR) is 72.2 cm³/mol. The number of ether oxygens (including phenoxy) is 1. The molecule has 3 rings (SSSR count). The molecule has 0 aliphatic heterocycles. The first-order valence-electron chi connectivity index (χ1n) is 6.11. The van der Waals surface area contributed by atoms with E-state index in [0.717, 1.165) is 0 Å². The fourth-order valence-corrected chi connectivity index (χ4v) is 1.90. The number of aryl methyl sites for hydroxylation is 1. The van der Waals surface area contributed by atoms with E-state index in [1.807, 2.05) is 0 Å². The Morgan fingerprint density at radius 1 is 1.29 bits per heavy atom. The summed E-state index contributed by atoms with van der Waals surface area (Å²) in [5, 5.41) is 8.92. The molecular formula is C15H10FNO4. The quantitative estimate of drug-likeness (QED) is 0.793. The minimum atomic E-state index is -1.05. The molecular weight excluding hydrogens is 277 g/mol. The van der Waals surface area contributed by atoms with Crippen LogP contribution in [0.1, 0.15) is 15.9 Å². The summed E-state index contributed by atoms with van der Waals surface area (Å²) in [6.07, 6.45) is -0.0257. The number of fused-ring (bicyclic) bond motifs is 1. The number of aromatic carboxylic acids is 1. The summed E-state index contributed by atoms with van der Waals surface area (Å²) in [6.45, 7) is 1.70. The van der Waals surface area contributed by atoms with Crippen LogP contribution in [-0.2, 0) is 0 Å². The van der Waals surface area contributed by atoms with E-state index in [4.69, 9.17) is 14.3 Å². The largest absolute Gasteiger partial charge is 0.478 e. The number of halogens is 1. The van der Waals surface area contributed by atoms with Gasteiger partial charge in [0, 0.05) is 0 Å². The maximum absolute atomic E-state index is 13.0. The lowest BCUT2D eigenvalue weighted by molar-refractivity contribution is 0.0697. The van der Waals surface area contributed by atoms with Gasteiger partial charge in [-0.2, -0.15) is 4.98 Å². The number of aromatic nitrogens is 1. The minimum Gasteiger partial charge on any atom is -0.478 e. The molecule has 0 aliphatic carbocycles. The molecule has 2 aromatic carbocycles. The van der Waals surface area contributed by atoms with Crippen molar-refractivity contribution >= 4 is 17.1 Å². The van der Waals surface area contributed by atoms with E-state index >= 15 is 0 Å². The number of carboxylic acids is 1. The summed E-state index contributed by atoms with van der Waals surface area (Å²) in [5.74, 6) is -0.991. The molecule has 0 spiro atoms. The van der Waals surface area contributed by atoms with Crippen molar-refractivity contribution in [2.24, 2.45) is 0 Å². The summed E-state index contributed by atoms with van der Waals surface area (Å²) in [7, 11) is 0. The second-order valence-corrected chi connectivity index (χ2v) is 4.48. The van der Waals surface area contributed by atoms with Gasteiger partial charge in [-0.1, -0.05) is 0 Å². The smallest absolute Gasteiger partial charge is 0.400 e. The Balaban J connectivity index is 1.95. The van der Waals surface area contributed by atoms with E-state index in [1.165, 1.54) is 36.4 Å². The fourth-order valence-electron chi connectivity index (χ4n) is 1.90. The van der Waals surface area contributed by atoms with Gasteiger partial charge in [0.15, 0.2) is 5.58 Å². The van der Waals surface area contributed by atoms with Gasteiger partial charge >= 0.3 is 12.0 Å². The summed E-state index contributed by atoms with van der Waals surface area (Å²) in [4.78, 5) is 15.0. The van der Waals surface area contributed by atoms with Crippen LogP contribution >= 0.6 is 0 Å². The number of carbonyl (C=O) groups is 1. The molecule has 0 aliphatic rings. The van der Waals surface area contributed by atoms with Gasteiger partial charge in [0.2, 0.25) is 0 Å². The van der Waals surface area contributed by atoms with Crippen molar-refractivity contribution in [1.29, 1.82) is 0 Å². The molecule has 6 heteroatoms. The number of hydrogen-bond donors (Lipinski definition) is 1. The molecule has 0 bridgehead atoms. The topological polar surface area (TPSA) is 72.6 Å². The zero-order valence-electron chi connectivity index (χ0n) is 11.0. The zero-order chi connectivity index (χ0) is 15.0. The van der Waals surface area contributed by atoms with Gasteiger partial charge in [0.05, 0.1) is 5.56 Å². The van der Waals surface area contributed by atoms with E-state index < -0.39 is 5.97 Å². The van der Waals surface area contributed by atoms with Crippen LogP contribution in [0.3, 0.4) is 0 Å². The van der Waals surface area contributed by atoms with Crippen LogP contribution in [0, 0.1) is 12.7 Å². The molecule has 21 heavy (non-hydrogen) atoms. The molecule has 0 fully saturated rings. The lowest BCUT2D eigenvalue weighted by atomic mass is 10.2. The van der Waals surface area contributed by atoms with Crippen LogP contribution in [0.25, 0.3) is 11.1 Å². The molecule has 0 saturated heterocycles. The van der Waals surface area contributed by atoms with Crippen LogP contribution in [0.5, 0.6) is 11.8 Å². The number of oxazole rings is 1. The molecule has 0 amide bonds. The van der Waals surface area contributed by atoms with Gasteiger partial charge in [-0.25, -0.2) is 9.18 Å². The second-order valence-electron chi connectivity index (χ2n) is 4.48. The van der Waals surface area contributed by atoms with Crippen molar-refractivity contribution in [1.82, 2.24) is 4.98 Å². The Morgan fingerprint density at radius 2 is 2.10 bits per heavy atom. The van der Waals surface area contributed by atoms with Gasteiger partial charge in [-0.05, 0) is 48.9 Å². The van der Waals surface area contributed by atoms with Crippen LogP contribution in [0.4, 0.5) is 4.39 Å². The molecule has 0 saturated carbocycles. The average Bonchev–Trinajstić information content (AvgIpc) is 2.83. The van der Waals surface area contributed by atoms with Crippen molar-refractivity contribution < 1.29 is 23.4 Å². The highest BCUT2D eigenvalue weighted by atomic mass is 19.1. The fraction of sp³-hybridized carbons (Fsp3) is 0.0667. The Kier molecular flexibility index (Phi) is 3.06. The molecule has 106 valence electrons. The first-order valence-corrected chi connectivity index (χ1v) is 6.11. The van der Waals surface area contributed by atoms with Crippen LogP contribution in [0.2, 0.25) is 0 Å². The Labute approximate surface area is 118 Å². The summed E-state index contributed by atoms with van der Waals surface area (Å²) in [6, 6.07) is 8.41. The van der Waals surface area contributed by atoms with Gasteiger partial charge in [0.1, 0.15) is 17.1 Å². The Hall–Kier alpha value is -2.89. The number of carboxylic acid groups (broad SMARTS) is 1. The van der Waals surface area contributed by atoms with Gasteiger partial charge in [-0.15, -0.1) is 0 Å². The normalized spacial score (nSPS) is 10.8. The first-order chi connectivity index (χ1) is 10.0. The third-order valence-electron chi connectivity index (χ3n) is 2.95. The van der Waals surface area contributed by atoms with Crippen molar-refractivity contribution in [3.63, 3.8) is 0 Å². The summed E-state index contributed by atoms with van der Waals surface area (Å²) >= 11 is 0. The van der Waals surface area contributed by atoms with Gasteiger partial charge in [-0.3, -0.25) is 0 Å². The monoisotopic (exact) mass is 287 g/mol. The number of nitrogens with zero attached hydrogens (tertiary/aromatic N) is 1. The lowest BCUT2D eigenvalue weighted by Crippen LogP contribution is -1.94. The van der Waals surface area contributed by atoms with E-state index in [0.29, 0.717) is 22.4 Å². The van der Waals surface area contributed by atoms with Crippen molar-refractivity contribution in [2.75, 3.05) is 0 Å². The summed E-state index contributed by atoms with van der Waals surface area (Å²) < 4.78 is 23.8. The number of benzene rings is 2. The van der Waals surface area contributed by atoms with E-state index in [2.05, 4.69) is 4.98 Å². The summed E-state index contributed by atoms with van der Waals surface area (Å²) in [5.41, 5.74) is 1.49. The van der Waals surface area contributed by atoms with Crippen molar-refractivity contribution in [3.8, 4) is 11.8 Å². The highest BCUT2D eigenvalue weighted by Crippen LogP contribution is 2.28. The lowest BCUT2D eigenvalue weighted by Gasteiger charge is -2.03. The molecule has 3 aromatic rings. The van der Waals surface area contributed by atoms with E-state index in [1.54, 1.807) is 6.92 Å². The third kappa shape index (κ3) is 2.55. The average molecular weight is 287 g/mol. The van der Waals surface area contributed by atoms with E-state index in [9.17, 15) is 9.18 Å². The van der Waals surface area contributed by atoms with Crippen molar-refractivity contribution in [3.05, 3.63) is 53.3 Å². The minimum absolute atomic E-state index is 0.0257. The molecule has 0 unspecified atom stereocenters. The first kappa shape index (κ1) is 13.1. The maximum atomic E-state index is 13.0. The Bertz CT molecular complexity index is 841. The SMILES string of the molecule is Cc1cc(F)ccc1Oc1nc2ccc(C(=O)O)cc2o1. The molecule has 5 nitrogen and oxygen atoms in total.